The van der Waals surface area contributed by atoms with Crippen LogP contribution in [0.2, 0.25) is 0 Å². The highest BCUT2D eigenvalue weighted by atomic mass is 35.5. The smallest absolute Gasteiger partial charge is 0.167 e. The summed E-state index contributed by atoms with van der Waals surface area (Å²) < 4.78 is 19.7. The lowest BCUT2D eigenvalue weighted by Gasteiger charge is -2.12. The SMILES string of the molecule is Fc1cccc(CCl)c1Oc1cccc2ccccc12. The van der Waals surface area contributed by atoms with Gasteiger partial charge in [-0.2, -0.15) is 0 Å². The first-order chi connectivity index (χ1) is 9.79. The van der Waals surface area contributed by atoms with Crippen LogP contribution in [-0.4, -0.2) is 0 Å². The Morgan fingerprint density at radius 2 is 1.65 bits per heavy atom. The highest BCUT2D eigenvalue weighted by molar-refractivity contribution is 6.17. The van der Waals surface area contributed by atoms with Gasteiger partial charge in [0.05, 0.1) is 5.88 Å². The van der Waals surface area contributed by atoms with Gasteiger partial charge >= 0.3 is 0 Å². The number of hydrogen-bond donors (Lipinski definition) is 0. The fourth-order valence-electron chi connectivity index (χ4n) is 2.17. The zero-order valence-electron chi connectivity index (χ0n) is 10.6. The number of ether oxygens (including phenoxy) is 1. The molecule has 0 aliphatic carbocycles. The van der Waals surface area contributed by atoms with E-state index >= 15 is 0 Å². The van der Waals surface area contributed by atoms with Crippen molar-refractivity contribution >= 4 is 22.4 Å². The Morgan fingerprint density at radius 1 is 0.900 bits per heavy atom. The molecule has 100 valence electrons. The third kappa shape index (κ3) is 2.35. The molecule has 3 rings (SSSR count). The molecule has 0 heterocycles. The van der Waals surface area contributed by atoms with Crippen molar-refractivity contribution in [1.82, 2.24) is 0 Å². The predicted molar refractivity (Wildman–Crippen MR) is 80.0 cm³/mol. The zero-order chi connectivity index (χ0) is 13.9. The van der Waals surface area contributed by atoms with Crippen LogP contribution >= 0.6 is 11.6 Å². The first kappa shape index (κ1) is 12.9. The van der Waals surface area contributed by atoms with E-state index in [4.69, 9.17) is 16.3 Å². The van der Waals surface area contributed by atoms with Crippen LogP contribution in [-0.2, 0) is 5.88 Å². The van der Waals surface area contributed by atoms with Crippen molar-refractivity contribution in [3.63, 3.8) is 0 Å². The van der Waals surface area contributed by atoms with Gasteiger partial charge in [0, 0.05) is 10.9 Å². The number of hydrogen-bond acceptors (Lipinski definition) is 1. The summed E-state index contributed by atoms with van der Waals surface area (Å²) in [6.07, 6.45) is 0. The second-order valence-corrected chi connectivity index (χ2v) is 4.71. The third-order valence-corrected chi connectivity index (χ3v) is 3.44. The second kappa shape index (κ2) is 5.51. The molecular formula is C17H12ClFO. The molecule has 0 N–H and O–H groups in total. The fourth-order valence-corrected chi connectivity index (χ4v) is 2.38. The Kier molecular flexibility index (Phi) is 3.57. The van der Waals surface area contributed by atoms with Crippen LogP contribution in [0, 0.1) is 5.82 Å². The Morgan fingerprint density at radius 3 is 2.50 bits per heavy atom. The summed E-state index contributed by atoms with van der Waals surface area (Å²) in [6, 6.07) is 18.3. The second-order valence-electron chi connectivity index (χ2n) is 4.44. The molecule has 0 amide bonds. The summed E-state index contributed by atoms with van der Waals surface area (Å²) in [7, 11) is 0. The molecule has 3 aromatic rings. The summed E-state index contributed by atoms with van der Waals surface area (Å²) >= 11 is 5.84. The van der Waals surface area contributed by atoms with Crippen molar-refractivity contribution in [3.8, 4) is 11.5 Å². The van der Waals surface area contributed by atoms with Gasteiger partial charge in [-0.05, 0) is 17.5 Å². The quantitative estimate of drug-likeness (QED) is 0.577. The van der Waals surface area contributed by atoms with Crippen molar-refractivity contribution in [2.75, 3.05) is 0 Å². The van der Waals surface area contributed by atoms with E-state index in [0.29, 0.717) is 11.3 Å². The molecule has 0 aliphatic heterocycles. The molecule has 3 heteroatoms. The summed E-state index contributed by atoms with van der Waals surface area (Å²) in [5, 5.41) is 1.99. The lowest BCUT2D eigenvalue weighted by atomic mass is 10.1. The van der Waals surface area contributed by atoms with Crippen molar-refractivity contribution < 1.29 is 9.13 Å². The predicted octanol–water partition coefficient (Wildman–Crippen LogP) is 5.51. The van der Waals surface area contributed by atoms with Gasteiger partial charge < -0.3 is 4.74 Å². The largest absolute Gasteiger partial charge is 0.453 e. The van der Waals surface area contributed by atoms with Gasteiger partial charge in [0.2, 0.25) is 0 Å². The molecule has 0 unspecified atom stereocenters. The Labute approximate surface area is 121 Å². The summed E-state index contributed by atoms with van der Waals surface area (Å²) in [4.78, 5) is 0. The molecule has 0 aliphatic rings. The monoisotopic (exact) mass is 286 g/mol. The molecule has 0 saturated heterocycles. The number of benzene rings is 3. The van der Waals surface area contributed by atoms with Gasteiger partial charge in [0.25, 0.3) is 0 Å². The minimum absolute atomic E-state index is 0.193. The molecule has 20 heavy (non-hydrogen) atoms. The maximum atomic E-state index is 13.9. The molecule has 0 aromatic heterocycles. The Balaban J connectivity index is 2.10. The van der Waals surface area contributed by atoms with E-state index in [-0.39, 0.29) is 11.6 Å². The van der Waals surface area contributed by atoms with Crippen molar-refractivity contribution in [3.05, 3.63) is 72.0 Å². The molecule has 3 aromatic carbocycles. The van der Waals surface area contributed by atoms with E-state index in [2.05, 4.69) is 0 Å². The summed E-state index contributed by atoms with van der Waals surface area (Å²) in [5.74, 6) is 0.618. The van der Waals surface area contributed by atoms with Gasteiger partial charge in [-0.1, -0.05) is 48.5 Å². The van der Waals surface area contributed by atoms with Crippen molar-refractivity contribution in [1.29, 1.82) is 0 Å². The first-order valence-electron chi connectivity index (χ1n) is 6.28. The molecular weight excluding hydrogens is 275 g/mol. The van der Waals surface area contributed by atoms with Crippen molar-refractivity contribution in [2.45, 2.75) is 5.88 Å². The third-order valence-electron chi connectivity index (χ3n) is 3.15. The average molecular weight is 287 g/mol. The molecule has 1 nitrogen and oxygen atoms in total. The highest BCUT2D eigenvalue weighted by Gasteiger charge is 2.11. The van der Waals surface area contributed by atoms with Crippen LogP contribution in [0.15, 0.2) is 60.7 Å². The lowest BCUT2D eigenvalue weighted by molar-refractivity contribution is 0.442. The molecule has 0 fully saturated rings. The number of fused-ring (bicyclic) bond motifs is 1. The first-order valence-corrected chi connectivity index (χ1v) is 6.82. The number of rotatable bonds is 3. The molecule has 0 spiro atoms. The van der Waals surface area contributed by atoms with Crippen LogP contribution in [0.1, 0.15) is 5.56 Å². The molecule has 0 atom stereocenters. The van der Waals surface area contributed by atoms with Crippen molar-refractivity contribution in [2.24, 2.45) is 0 Å². The van der Waals surface area contributed by atoms with Crippen LogP contribution in [0.4, 0.5) is 4.39 Å². The number of para-hydroxylation sites is 1. The van der Waals surface area contributed by atoms with Crippen LogP contribution in [0.3, 0.4) is 0 Å². The van der Waals surface area contributed by atoms with E-state index in [1.807, 2.05) is 42.5 Å². The van der Waals surface area contributed by atoms with E-state index < -0.39 is 5.82 Å². The Hall–Kier alpha value is -2.06. The standard InChI is InChI=1S/C17H12ClFO/c18-11-13-7-3-9-15(19)17(13)20-16-10-4-6-12-5-1-2-8-14(12)16/h1-10H,11H2. The van der Waals surface area contributed by atoms with E-state index in [1.54, 1.807) is 12.1 Å². The summed E-state index contributed by atoms with van der Waals surface area (Å²) in [5.41, 5.74) is 0.639. The fraction of sp³-hybridized carbons (Fsp3) is 0.0588. The molecule has 0 radical (unpaired) electrons. The van der Waals surface area contributed by atoms with Crippen LogP contribution in [0.25, 0.3) is 10.8 Å². The minimum Gasteiger partial charge on any atom is -0.453 e. The van der Waals surface area contributed by atoms with E-state index in [9.17, 15) is 4.39 Å². The number of alkyl halides is 1. The minimum atomic E-state index is -0.406. The van der Waals surface area contributed by atoms with E-state index in [0.717, 1.165) is 10.8 Å². The van der Waals surface area contributed by atoms with Crippen LogP contribution in [0.5, 0.6) is 11.5 Å². The highest BCUT2D eigenvalue weighted by Crippen LogP contribution is 2.33. The van der Waals surface area contributed by atoms with Gasteiger partial charge in [-0.15, -0.1) is 11.6 Å². The topological polar surface area (TPSA) is 9.23 Å². The number of halogens is 2. The normalized spacial score (nSPS) is 10.7. The molecule has 0 bridgehead atoms. The van der Waals surface area contributed by atoms with Gasteiger partial charge in [-0.3, -0.25) is 0 Å². The average Bonchev–Trinajstić information content (AvgIpc) is 2.49. The Bertz CT molecular complexity index is 750. The van der Waals surface area contributed by atoms with Crippen LogP contribution < -0.4 is 4.74 Å². The molecule has 0 saturated carbocycles. The van der Waals surface area contributed by atoms with Gasteiger partial charge in [0.15, 0.2) is 11.6 Å². The van der Waals surface area contributed by atoms with Gasteiger partial charge in [0.1, 0.15) is 5.75 Å². The maximum absolute atomic E-state index is 13.9. The maximum Gasteiger partial charge on any atom is 0.167 e. The zero-order valence-corrected chi connectivity index (χ0v) is 11.4. The van der Waals surface area contributed by atoms with Gasteiger partial charge in [-0.25, -0.2) is 4.39 Å². The van der Waals surface area contributed by atoms with E-state index in [1.165, 1.54) is 6.07 Å². The lowest BCUT2D eigenvalue weighted by Crippen LogP contribution is -1.94. The summed E-state index contributed by atoms with van der Waals surface area (Å²) in [6.45, 7) is 0.